The van der Waals surface area contributed by atoms with Crippen molar-refractivity contribution < 1.29 is 33.2 Å². The number of aromatic nitrogens is 1. The Hall–Kier alpha value is -5.24. The van der Waals surface area contributed by atoms with Crippen LogP contribution in [-0.2, 0) is 11.3 Å². The summed E-state index contributed by atoms with van der Waals surface area (Å²) in [5.74, 6) is 1.91. The predicted molar refractivity (Wildman–Crippen MR) is 159 cm³/mol. The van der Waals surface area contributed by atoms with Gasteiger partial charge in [0.2, 0.25) is 5.75 Å². The van der Waals surface area contributed by atoms with E-state index in [0.29, 0.717) is 57.6 Å². The Balaban J connectivity index is 1.65. The van der Waals surface area contributed by atoms with Crippen LogP contribution in [0.4, 0.5) is 0 Å². The summed E-state index contributed by atoms with van der Waals surface area (Å²) in [5, 5.41) is 1.38. The van der Waals surface area contributed by atoms with Gasteiger partial charge in [-0.25, -0.2) is 4.79 Å². The third kappa shape index (κ3) is 5.78. The fraction of sp³-hybridized carbons (Fsp3) is 0.176. The number of esters is 1. The Morgan fingerprint density at radius 3 is 2.05 bits per heavy atom. The van der Waals surface area contributed by atoms with Gasteiger partial charge in [0, 0.05) is 22.5 Å². The van der Waals surface area contributed by atoms with E-state index in [9.17, 15) is 4.79 Å². The molecule has 0 aliphatic rings. The maximum absolute atomic E-state index is 13.4. The van der Waals surface area contributed by atoms with Crippen molar-refractivity contribution in [2.75, 3.05) is 28.4 Å². The number of rotatable bonds is 11. The van der Waals surface area contributed by atoms with Gasteiger partial charge in [-0.3, -0.25) is 4.98 Å². The van der Waals surface area contributed by atoms with E-state index in [1.165, 1.54) is 0 Å². The van der Waals surface area contributed by atoms with Crippen molar-refractivity contribution in [3.05, 3.63) is 120 Å². The fourth-order valence-electron chi connectivity index (χ4n) is 4.76. The summed E-state index contributed by atoms with van der Waals surface area (Å²) in [7, 11) is 6.23. The standard InChI is InChI=1S/C34H31NO7/c1-37-27-16-15-24(19-28(27)41-21-22-11-7-5-8-12-22)31(42-34(36)23-13-9-6-10-14-23)30-26-20-29(38-2)33(40-4)32(39-3)25(26)17-18-35-30/h5-20,31H,21H2,1-4H3. The molecular weight excluding hydrogens is 534 g/mol. The van der Waals surface area contributed by atoms with Crippen molar-refractivity contribution in [3.8, 4) is 28.7 Å². The quantitative estimate of drug-likeness (QED) is 0.162. The van der Waals surface area contributed by atoms with Gasteiger partial charge >= 0.3 is 5.97 Å². The van der Waals surface area contributed by atoms with Crippen LogP contribution in [0.1, 0.15) is 33.3 Å². The molecule has 0 amide bonds. The zero-order valence-electron chi connectivity index (χ0n) is 23.8. The summed E-state index contributed by atoms with van der Waals surface area (Å²) in [6.07, 6.45) is 0.723. The van der Waals surface area contributed by atoms with E-state index < -0.39 is 12.1 Å². The maximum Gasteiger partial charge on any atom is 0.339 e. The molecule has 0 fully saturated rings. The molecule has 42 heavy (non-hydrogen) atoms. The normalized spacial score (nSPS) is 11.4. The van der Waals surface area contributed by atoms with Gasteiger partial charge in [0.25, 0.3) is 0 Å². The Labute approximate surface area is 244 Å². The van der Waals surface area contributed by atoms with Crippen LogP contribution in [-0.4, -0.2) is 39.4 Å². The number of methoxy groups -OCH3 is 4. The third-order valence-corrected chi connectivity index (χ3v) is 6.81. The van der Waals surface area contributed by atoms with Gasteiger partial charge in [0.1, 0.15) is 6.61 Å². The molecule has 4 aromatic carbocycles. The molecule has 0 saturated heterocycles. The van der Waals surface area contributed by atoms with Crippen LogP contribution in [0.15, 0.2) is 97.2 Å². The average molecular weight is 566 g/mol. The van der Waals surface area contributed by atoms with Crippen molar-refractivity contribution in [1.29, 1.82) is 0 Å². The lowest BCUT2D eigenvalue weighted by Gasteiger charge is -2.22. The third-order valence-electron chi connectivity index (χ3n) is 6.81. The number of ether oxygens (including phenoxy) is 6. The van der Waals surface area contributed by atoms with Crippen LogP contribution in [0.2, 0.25) is 0 Å². The van der Waals surface area contributed by atoms with E-state index in [4.69, 9.17) is 33.4 Å². The van der Waals surface area contributed by atoms with Gasteiger partial charge in [-0.2, -0.15) is 0 Å². The molecule has 8 nitrogen and oxygen atoms in total. The van der Waals surface area contributed by atoms with Gasteiger partial charge in [0.05, 0.1) is 39.7 Å². The molecule has 0 N–H and O–H groups in total. The summed E-state index contributed by atoms with van der Waals surface area (Å²) >= 11 is 0. The van der Waals surface area contributed by atoms with E-state index in [-0.39, 0.29) is 0 Å². The lowest BCUT2D eigenvalue weighted by atomic mass is 9.99. The molecule has 214 valence electrons. The highest BCUT2D eigenvalue weighted by atomic mass is 16.5. The Morgan fingerprint density at radius 2 is 1.38 bits per heavy atom. The van der Waals surface area contributed by atoms with E-state index in [0.717, 1.165) is 10.9 Å². The van der Waals surface area contributed by atoms with Gasteiger partial charge in [-0.15, -0.1) is 0 Å². The topological polar surface area (TPSA) is 85.3 Å². The first-order chi connectivity index (χ1) is 20.6. The molecule has 1 atom stereocenters. The first kappa shape index (κ1) is 28.3. The minimum absolute atomic E-state index is 0.329. The minimum Gasteiger partial charge on any atom is -0.493 e. The molecule has 0 spiro atoms. The van der Waals surface area contributed by atoms with E-state index in [1.807, 2.05) is 54.6 Å². The molecule has 1 heterocycles. The zero-order valence-corrected chi connectivity index (χ0v) is 23.8. The van der Waals surface area contributed by atoms with Crippen molar-refractivity contribution in [3.63, 3.8) is 0 Å². The second-order valence-corrected chi connectivity index (χ2v) is 9.27. The molecule has 5 rings (SSSR count). The monoisotopic (exact) mass is 565 g/mol. The van der Waals surface area contributed by atoms with Gasteiger partial charge < -0.3 is 28.4 Å². The number of hydrogen-bond donors (Lipinski definition) is 0. The maximum atomic E-state index is 13.4. The second kappa shape index (κ2) is 13.0. The number of carbonyl (C=O) groups excluding carboxylic acids is 1. The van der Waals surface area contributed by atoms with Gasteiger partial charge in [-0.1, -0.05) is 54.6 Å². The molecule has 1 unspecified atom stereocenters. The summed E-state index contributed by atoms with van der Waals surface area (Å²) in [6.45, 7) is 0.329. The molecule has 0 bridgehead atoms. The number of nitrogens with zero attached hydrogens (tertiary/aromatic N) is 1. The summed E-state index contributed by atoms with van der Waals surface area (Å²) in [6, 6.07) is 27.7. The number of hydrogen-bond acceptors (Lipinski definition) is 8. The molecule has 0 saturated carbocycles. The molecule has 0 aliphatic heterocycles. The first-order valence-electron chi connectivity index (χ1n) is 13.3. The molecular formula is C34H31NO7. The molecule has 0 radical (unpaired) electrons. The highest BCUT2D eigenvalue weighted by Gasteiger charge is 2.27. The fourth-order valence-corrected chi connectivity index (χ4v) is 4.76. The Morgan fingerprint density at radius 1 is 0.690 bits per heavy atom. The lowest BCUT2D eigenvalue weighted by molar-refractivity contribution is 0.0373. The van der Waals surface area contributed by atoms with Crippen molar-refractivity contribution in [2.24, 2.45) is 0 Å². The number of benzene rings is 4. The molecule has 8 heteroatoms. The van der Waals surface area contributed by atoms with Gasteiger partial charge in [-0.05, 0) is 42.0 Å². The highest BCUT2D eigenvalue weighted by molar-refractivity contribution is 5.95. The Bertz CT molecular complexity index is 1670. The van der Waals surface area contributed by atoms with Crippen molar-refractivity contribution in [2.45, 2.75) is 12.7 Å². The SMILES string of the molecule is COc1ccc(C(OC(=O)c2ccccc2)c2nccc3c(OC)c(OC)c(OC)cc23)cc1OCc1ccccc1. The van der Waals surface area contributed by atoms with E-state index in [1.54, 1.807) is 71.0 Å². The van der Waals surface area contributed by atoms with Crippen LogP contribution < -0.4 is 23.7 Å². The zero-order chi connectivity index (χ0) is 29.5. The molecule has 5 aromatic rings. The predicted octanol–water partition coefficient (Wildman–Crippen LogP) is 6.79. The summed E-state index contributed by atoms with van der Waals surface area (Å²) < 4.78 is 34.9. The van der Waals surface area contributed by atoms with Crippen LogP contribution in [0.5, 0.6) is 28.7 Å². The van der Waals surface area contributed by atoms with Crippen LogP contribution in [0.3, 0.4) is 0 Å². The van der Waals surface area contributed by atoms with Crippen LogP contribution in [0, 0.1) is 0 Å². The molecule has 0 aliphatic carbocycles. The number of fused-ring (bicyclic) bond motifs is 1. The minimum atomic E-state index is -0.922. The van der Waals surface area contributed by atoms with Crippen molar-refractivity contribution in [1.82, 2.24) is 4.98 Å². The lowest BCUT2D eigenvalue weighted by Crippen LogP contribution is -2.15. The average Bonchev–Trinajstić information content (AvgIpc) is 3.05. The highest BCUT2D eigenvalue weighted by Crippen LogP contribution is 2.46. The second-order valence-electron chi connectivity index (χ2n) is 9.27. The van der Waals surface area contributed by atoms with Crippen molar-refractivity contribution >= 4 is 16.7 Å². The smallest absolute Gasteiger partial charge is 0.339 e. The Kier molecular flexibility index (Phi) is 8.72. The number of pyridine rings is 1. The van der Waals surface area contributed by atoms with Crippen LogP contribution >= 0.6 is 0 Å². The summed E-state index contributed by atoms with van der Waals surface area (Å²) in [5.41, 5.74) is 2.53. The van der Waals surface area contributed by atoms with Crippen LogP contribution in [0.25, 0.3) is 10.8 Å². The van der Waals surface area contributed by atoms with Gasteiger partial charge in [0.15, 0.2) is 29.1 Å². The first-order valence-corrected chi connectivity index (χ1v) is 13.3. The van der Waals surface area contributed by atoms with E-state index in [2.05, 4.69) is 0 Å². The number of carbonyl (C=O) groups is 1. The van der Waals surface area contributed by atoms with E-state index >= 15 is 0 Å². The summed E-state index contributed by atoms with van der Waals surface area (Å²) in [4.78, 5) is 18.1. The molecule has 1 aromatic heterocycles. The largest absolute Gasteiger partial charge is 0.493 e.